The van der Waals surface area contributed by atoms with Crippen LogP contribution in [0.2, 0.25) is 5.02 Å². The Kier molecular flexibility index (Phi) is 5.97. The third-order valence-corrected chi connectivity index (χ3v) is 5.21. The zero-order valence-corrected chi connectivity index (χ0v) is 15.8. The molecule has 1 fully saturated rings. The van der Waals surface area contributed by atoms with Gasteiger partial charge in [-0.25, -0.2) is 0 Å². The Balaban J connectivity index is 1.81. The number of rotatable bonds is 7. The average Bonchev–Trinajstić information content (AvgIpc) is 3.22. The first kappa shape index (κ1) is 18.2. The third-order valence-electron chi connectivity index (χ3n) is 4.96. The van der Waals surface area contributed by atoms with Gasteiger partial charge in [-0.2, -0.15) is 5.10 Å². The smallest absolute Gasteiger partial charge is 0.223 e. The van der Waals surface area contributed by atoms with Crippen LogP contribution in [-0.2, 0) is 4.79 Å². The van der Waals surface area contributed by atoms with Crippen molar-refractivity contribution in [2.45, 2.75) is 51.7 Å². The summed E-state index contributed by atoms with van der Waals surface area (Å²) < 4.78 is 0. The van der Waals surface area contributed by atoms with Crippen LogP contribution in [0, 0.1) is 0 Å². The Morgan fingerprint density at radius 3 is 2.76 bits per heavy atom. The standard InChI is InChI=1S/C19H27ClN4O/c1-3-4-11-21-14(2)24-13-17(23-12-5-6-18(23)25)19(22-24)15-7-9-16(20)10-8-15/h7-10,14,17,21H,3-6,11-13H2,1-2H3. The number of nitrogens with one attached hydrogen (secondary N) is 1. The van der Waals surface area contributed by atoms with Gasteiger partial charge < -0.3 is 4.90 Å². The van der Waals surface area contributed by atoms with Crippen LogP contribution in [0.4, 0.5) is 0 Å². The second kappa shape index (κ2) is 8.19. The summed E-state index contributed by atoms with van der Waals surface area (Å²) in [5.74, 6) is 0.236. The number of carbonyl (C=O) groups is 1. The Labute approximate surface area is 155 Å². The molecule has 6 heteroatoms. The van der Waals surface area contributed by atoms with Gasteiger partial charge in [0.2, 0.25) is 5.91 Å². The molecule has 0 aromatic heterocycles. The summed E-state index contributed by atoms with van der Waals surface area (Å²) in [4.78, 5) is 14.3. The molecule has 2 atom stereocenters. The number of carbonyl (C=O) groups excluding carboxylic acids is 1. The maximum absolute atomic E-state index is 12.3. The van der Waals surface area contributed by atoms with Crippen molar-refractivity contribution in [1.29, 1.82) is 0 Å². The van der Waals surface area contributed by atoms with E-state index in [-0.39, 0.29) is 18.1 Å². The Morgan fingerprint density at radius 1 is 1.36 bits per heavy atom. The van der Waals surface area contributed by atoms with Crippen LogP contribution in [0.15, 0.2) is 29.4 Å². The van der Waals surface area contributed by atoms with E-state index in [0.717, 1.165) is 43.8 Å². The van der Waals surface area contributed by atoms with E-state index in [1.807, 2.05) is 29.2 Å². The van der Waals surface area contributed by atoms with Gasteiger partial charge in [0.15, 0.2) is 0 Å². The SMILES string of the molecule is CCCCNC(C)N1CC(N2CCCC2=O)C(c2ccc(Cl)cc2)=N1. The molecule has 1 amide bonds. The van der Waals surface area contributed by atoms with E-state index in [1.54, 1.807) is 0 Å². The fourth-order valence-electron chi connectivity index (χ4n) is 3.46. The maximum Gasteiger partial charge on any atom is 0.223 e. The molecule has 1 aromatic rings. The molecule has 0 radical (unpaired) electrons. The molecule has 25 heavy (non-hydrogen) atoms. The number of likely N-dealkylation sites (tertiary alicyclic amines) is 1. The van der Waals surface area contributed by atoms with Crippen LogP contribution >= 0.6 is 11.6 Å². The first-order valence-corrected chi connectivity index (χ1v) is 9.62. The second-order valence-electron chi connectivity index (χ2n) is 6.80. The summed E-state index contributed by atoms with van der Waals surface area (Å²) in [7, 11) is 0. The van der Waals surface area contributed by atoms with Crippen molar-refractivity contribution in [3.05, 3.63) is 34.9 Å². The lowest BCUT2D eigenvalue weighted by Gasteiger charge is -2.28. The van der Waals surface area contributed by atoms with Crippen molar-refractivity contribution >= 4 is 23.2 Å². The lowest BCUT2D eigenvalue weighted by molar-refractivity contribution is -0.128. The van der Waals surface area contributed by atoms with Crippen LogP contribution < -0.4 is 5.32 Å². The van der Waals surface area contributed by atoms with E-state index in [1.165, 1.54) is 6.42 Å². The molecule has 0 bridgehead atoms. The monoisotopic (exact) mass is 362 g/mol. The van der Waals surface area contributed by atoms with Crippen LogP contribution in [-0.4, -0.2) is 53.4 Å². The molecule has 5 nitrogen and oxygen atoms in total. The molecule has 0 saturated carbocycles. The van der Waals surface area contributed by atoms with Gasteiger partial charge >= 0.3 is 0 Å². The highest BCUT2D eigenvalue weighted by Gasteiger charge is 2.38. The molecule has 2 unspecified atom stereocenters. The van der Waals surface area contributed by atoms with Crippen LogP contribution in [0.3, 0.4) is 0 Å². The second-order valence-corrected chi connectivity index (χ2v) is 7.24. The molecule has 136 valence electrons. The van der Waals surface area contributed by atoms with Gasteiger partial charge in [-0.05, 0) is 38.4 Å². The van der Waals surface area contributed by atoms with E-state index in [4.69, 9.17) is 16.7 Å². The zero-order valence-electron chi connectivity index (χ0n) is 15.0. The number of nitrogens with zero attached hydrogens (tertiary/aromatic N) is 3. The topological polar surface area (TPSA) is 47.9 Å². The quantitative estimate of drug-likeness (QED) is 0.758. The van der Waals surface area contributed by atoms with Gasteiger partial charge in [-0.1, -0.05) is 37.1 Å². The third kappa shape index (κ3) is 4.15. The lowest BCUT2D eigenvalue weighted by Crippen LogP contribution is -2.47. The molecule has 2 heterocycles. The van der Waals surface area contributed by atoms with Gasteiger partial charge in [0.25, 0.3) is 0 Å². The normalized spacial score (nSPS) is 21.8. The van der Waals surface area contributed by atoms with Crippen LogP contribution in [0.1, 0.15) is 45.1 Å². The first-order valence-electron chi connectivity index (χ1n) is 9.24. The minimum absolute atomic E-state index is 0.0200. The molecular formula is C19H27ClN4O. The predicted octanol–water partition coefficient (Wildman–Crippen LogP) is 3.09. The molecule has 3 rings (SSSR count). The van der Waals surface area contributed by atoms with E-state index < -0.39 is 0 Å². The minimum atomic E-state index is 0.0200. The molecule has 0 aliphatic carbocycles. The summed E-state index contributed by atoms with van der Waals surface area (Å²) >= 11 is 6.03. The largest absolute Gasteiger partial charge is 0.332 e. The molecule has 2 aliphatic rings. The predicted molar refractivity (Wildman–Crippen MR) is 102 cm³/mol. The zero-order chi connectivity index (χ0) is 17.8. The van der Waals surface area contributed by atoms with E-state index >= 15 is 0 Å². The average molecular weight is 363 g/mol. The Morgan fingerprint density at radius 2 is 2.12 bits per heavy atom. The molecule has 2 aliphatic heterocycles. The van der Waals surface area contributed by atoms with E-state index in [0.29, 0.717) is 11.4 Å². The van der Waals surface area contributed by atoms with Crippen molar-refractivity contribution < 1.29 is 4.79 Å². The fraction of sp³-hybridized carbons (Fsp3) is 0.579. The highest BCUT2D eigenvalue weighted by molar-refractivity contribution is 6.30. The molecule has 1 aromatic carbocycles. The highest BCUT2D eigenvalue weighted by atomic mass is 35.5. The van der Waals surface area contributed by atoms with Gasteiger partial charge in [0.05, 0.1) is 24.5 Å². The van der Waals surface area contributed by atoms with Crippen molar-refractivity contribution in [3.63, 3.8) is 0 Å². The number of amides is 1. The van der Waals surface area contributed by atoms with Crippen molar-refractivity contribution in [3.8, 4) is 0 Å². The lowest BCUT2D eigenvalue weighted by atomic mass is 10.0. The maximum atomic E-state index is 12.3. The number of hydrogen-bond donors (Lipinski definition) is 1. The molecule has 0 spiro atoms. The number of benzene rings is 1. The summed E-state index contributed by atoms with van der Waals surface area (Å²) in [5.41, 5.74) is 2.01. The number of unbranched alkanes of at least 4 members (excludes halogenated alkanes) is 1. The summed E-state index contributed by atoms with van der Waals surface area (Å²) in [6.45, 7) is 6.86. The van der Waals surface area contributed by atoms with Crippen molar-refractivity contribution in [2.75, 3.05) is 19.6 Å². The van der Waals surface area contributed by atoms with E-state index in [2.05, 4.69) is 24.2 Å². The molecule has 1 saturated heterocycles. The highest BCUT2D eigenvalue weighted by Crippen LogP contribution is 2.25. The molecule has 1 N–H and O–H groups in total. The minimum Gasteiger partial charge on any atom is -0.332 e. The number of hydrogen-bond acceptors (Lipinski definition) is 4. The Hall–Kier alpha value is -1.59. The van der Waals surface area contributed by atoms with Gasteiger partial charge in [-0.3, -0.25) is 15.1 Å². The number of hydrazone groups is 1. The summed E-state index contributed by atoms with van der Waals surface area (Å²) in [6, 6.07) is 7.77. The fourth-order valence-corrected chi connectivity index (χ4v) is 3.59. The van der Waals surface area contributed by atoms with Gasteiger partial charge in [0, 0.05) is 23.6 Å². The van der Waals surface area contributed by atoms with Gasteiger partial charge in [-0.15, -0.1) is 0 Å². The van der Waals surface area contributed by atoms with Crippen LogP contribution in [0.25, 0.3) is 0 Å². The summed E-state index contributed by atoms with van der Waals surface area (Å²) in [6.07, 6.45) is 4.06. The van der Waals surface area contributed by atoms with Crippen molar-refractivity contribution in [2.24, 2.45) is 5.10 Å². The van der Waals surface area contributed by atoms with Crippen molar-refractivity contribution in [1.82, 2.24) is 15.2 Å². The Bertz CT molecular complexity index is 631. The molecular weight excluding hydrogens is 336 g/mol. The van der Waals surface area contributed by atoms with Crippen LogP contribution in [0.5, 0.6) is 0 Å². The first-order chi connectivity index (χ1) is 12.1. The van der Waals surface area contributed by atoms with E-state index in [9.17, 15) is 4.79 Å². The number of halogens is 1. The van der Waals surface area contributed by atoms with Gasteiger partial charge in [0.1, 0.15) is 0 Å². The summed E-state index contributed by atoms with van der Waals surface area (Å²) in [5, 5.41) is 11.2.